The molecule has 8 nitrogen and oxygen atoms in total. The number of likely N-dealkylation sites (N-methyl/N-ethyl adjacent to an activating group) is 1. The molecule has 0 fully saturated rings. The van der Waals surface area contributed by atoms with Crippen LogP contribution in [0.4, 0.5) is 5.69 Å². The zero-order valence-electron chi connectivity index (χ0n) is 21.6. The van der Waals surface area contributed by atoms with Crippen LogP contribution in [0.25, 0.3) is 10.8 Å². The molecule has 1 aromatic heterocycles. The van der Waals surface area contributed by atoms with E-state index in [0.717, 1.165) is 22.1 Å². The summed E-state index contributed by atoms with van der Waals surface area (Å²) in [6.07, 6.45) is 1.91. The Morgan fingerprint density at radius 3 is 2.50 bits per heavy atom. The number of benzene rings is 3. The molecule has 0 saturated carbocycles. The third-order valence-electron chi connectivity index (χ3n) is 6.90. The number of aromatic nitrogens is 1. The van der Waals surface area contributed by atoms with Crippen molar-refractivity contribution in [2.24, 2.45) is 0 Å². The first-order chi connectivity index (χ1) is 18.3. The van der Waals surface area contributed by atoms with Crippen molar-refractivity contribution >= 4 is 28.3 Å². The highest BCUT2D eigenvalue weighted by Crippen LogP contribution is 2.35. The molecule has 194 valence electrons. The van der Waals surface area contributed by atoms with Crippen LogP contribution < -0.4 is 25.2 Å². The number of amides is 2. The Bertz CT molecular complexity index is 1580. The second-order valence-corrected chi connectivity index (χ2v) is 9.52. The van der Waals surface area contributed by atoms with E-state index in [2.05, 4.69) is 5.32 Å². The van der Waals surface area contributed by atoms with Crippen LogP contribution in [0.3, 0.4) is 0 Å². The number of anilines is 1. The van der Waals surface area contributed by atoms with Gasteiger partial charge in [-0.1, -0.05) is 36.4 Å². The molecule has 1 aliphatic rings. The highest BCUT2D eigenvalue weighted by molar-refractivity contribution is 5.99. The summed E-state index contributed by atoms with van der Waals surface area (Å²) in [7, 11) is 1.65. The summed E-state index contributed by atoms with van der Waals surface area (Å²) in [5.41, 5.74) is 3.38. The summed E-state index contributed by atoms with van der Waals surface area (Å²) in [6, 6.07) is 19.5. The summed E-state index contributed by atoms with van der Waals surface area (Å²) >= 11 is 0. The predicted octanol–water partition coefficient (Wildman–Crippen LogP) is 3.74. The summed E-state index contributed by atoms with van der Waals surface area (Å²) in [5.74, 6) is 0.462. The quantitative estimate of drug-likeness (QED) is 0.408. The van der Waals surface area contributed by atoms with Crippen molar-refractivity contribution < 1.29 is 19.1 Å². The fourth-order valence-corrected chi connectivity index (χ4v) is 4.58. The van der Waals surface area contributed by atoms with E-state index in [9.17, 15) is 14.4 Å². The summed E-state index contributed by atoms with van der Waals surface area (Å²) in [4.78, 5) is 41.4. The van der Waals surface area contributed by atoms with Gasteiger partial charge >= 0.3 is 0 Å². The zero-order valence-corrected chi connectivity index (χ0v) is 21.6. The second kappa shape index (κ2) is 10.4. The van der Waals surface area contributed by atoms with Crippen LogP contribution in [0.5, 0.6) is 11.5 Å². The van der Waals surface area contributed by atoms with Crippen molar-refractivity contribution in [2.45, 2.75) is 32.9 Å². The van der Waals surface area contributed by atoms with Gasteiger partial charge < -0.3 is 24.3 Å². The number of carbonyl (C=O) groups excluding carboxylic acids is 2. The molecule has 0 radical (unpaired) electrons. The predicted molar refractivity (Wildman–Crippen MR) is 146 cm³/mol. The maximum atomic E-state index is 13.6. The molecule has 0 aliphatic carbocycles. The Labute approximate surface area is 220 Å². The molecule has 38 heavy (non-hydrogen) atoms. The van der Waals surface area contributed by atoms with Gasteiger partial charge in [0, 0.05) is 36.8 Å². The van der Waals surface area contributed by atoms with Gasteiger partial charge in [0.2, 0.25) is 18.6 Å². The Hall–Kier alpha value is -4.59. The van der Waals surface area contributed by atoms with Gasteiger partial charge in [-0.25, -0.2) is 0 Å². The topological polar surface area (TPSA) is 89.9 Å². The molecule has 8 heteroatoms. The van der Waals surface area contributed by atoms with Gasteiger partial charge in [0.15, 0.2) is 11.5 Å². The minimum absolute atomic E-state index is 0.135. The number of nitrogens with one attached hydrogen (secondary N) is 1. The highest BCUT2D eigenvalue weighted by Gasteiger charge is 2.27. The lowest BCUT2D eigenvalue weighted by Crippen LogP contribution is -2.50. The molecule has 2 amide bonds. The van der Waals surface area contributed by atoms with Gasteiger partial charge in [-0.3, -0.25) is 14.4 Å². The lowest BCUT2D eigenvalue weighted by Gasteiger charge is -2.25. The van der Waals surface area contributed by atoms with Gasteiger partial charge in [-0.15, -0.1) is 0 Å². The first-order valence-electron chi connectivity index (χ1n) is 12.4. The number of rotatable bonds is 7. The van der Waals surface area contributed by atoms with Crippen molar-refractivity contribution in [1.29, 1.82) is 0 Å². The molecule has 5 rings (SSSR count). The molecule has 2 heterocycles. The maximum absolute atomic E-state index is 13.6. The van der Waals surface area contributed by atoms with E-state index >= 15 is 0 Å². The number of pyridine rings is 1. The van der Waals surface area contributed by atoms with Crippen LogP contribution in [0.15, 0.2) is 77.7 Å². The van der Waals surface area contributed by atoms with E-state index < -0.39 is 11.9 Å². The largest absolute Gasteiger partial charge is 0.454 e. The number of carbonyl (C=O) groups is 2. The summed E-state index contributed by atoms with van der Waals surface area (Å²) in [5, 5.41) is 4.26. The summed E-state index contributed by atoms with van der Waals surface area (Å²) in [6.45, 7) is 3.89. The fraction of sp³-hybridized carbons (Fsp3) is 0.233. The van der Waals surface area contributed by atoms with Crippen molar-refractivity contribution in [3.05, 3.63) is 100.0 Å². The Morgan fingerprint density at radius 2 is 1.71 bits per heavy atom. The van der Waals surface area contributed by atoms with Gasteiger partial charge in [0.05, 0.1) is 0 Å². The van der Waals surface area contributed by atoms with Crippen LogP contribution in [0.2, 0.25) is 0 Å². The molecule has 0 bridgehead atoms. The molecular formula is C30H29N3O5. The van der Waals surface area contributed by atoms with E-state index in [-0.39, 0.29) is 24.8 Å². The number of hydrogen-bond donors (Lipinski definition) is 1. The van der Waals surface area contributed by atoms with Crippen LogP contribution in [-0.2, 0) is 22.6 Å². The molecule has 1 atom stereocenters. The fourth-order valence-electron chi connectivity index (χ4n) is 4.58. The van der Waals surface area contributed by atoms with Crippen LogP contribution in [0, 0.1) is 13.8 Å². The van der Waals surface area contributed by atoms with Crippen LogP contribution in [-0.4, -0.2) is 36.3 Å². The normalized spacial score (nSPS) is 12.8. The smallest absolute Gasteiger partial charge is 0.258 e. The minimum atomic E-state index is -0.846. The minimum Gasteiger partial charge on any atom is -0.454 e. The molecular weight excluding hydrogens is 482 g/mol. The molecule has 0 unspecified atom stereocenters. The third-order valence-corrected chi connectivity index (χ3v) is 6.90. The van der Waals surface area contributed by atoms with Crippen molar-refractivity contribution in [3.8, 4) is 11.5 Å². The number of nitrogens with zero attached hydrogens (tertiary/aromatic N) is 2. The second-order valence-electron chi connectivity index (χ2n) is 9.52. The SMILES string of the molecule is Cc1cc2ccn(CC(=O)N[C@@H](Cc3ccccc3)C(=O)N(C)c3ccc4c(c3)OCO4)c(=O)c2cc1C. The summed E-state index contributed by atoms with van der Waals surface area (Å²) < 4.78 is 12.2. The molecule has 1 aliphatic heterocycles. The van der Waals surface area contributed by atoms with E-state index in [1.165, 1.54) is 9.47 Å². The third kappa shape index (κ3) is 5.11. The van der Waals surface area contributed by atoms with E-state index in [0.29, 0.717) is 29.0 Å². The number of aryl methyl sites for hydroxylation is 2. The van der Waals surface area contributed by atoms with Crippen LogP contribution >= 0.6 is 0 Å². The van der Waals surface area contributed by atoms with Crippen LogP contribution in [0.1, 0.15) is 16.7 Å². The first-order valence-corrected chi connectivity index (χ1v) is 12.4. The van der Waals surface area contributed by atoms with Crippen molar-refractivity contribution in [2.75, 3.05) is 18.7 Å². The van der Waals surface area contributed by atoms with Gasteiger partial charge in [-0.05, 0) is 60.2 Å². The van der Waals surface area contributed by atoms with E-state index in [1.54, 1.807) is 31.4 Å². The molecule has 4 aromatic rings. The molecule has 3 aromatic carbocycles. The van der Waals surface area contributed by atoms with Gasteiger partial charge in [0.1, 0.15) is 12.6 Å². The highest BCUT2D eigenvalue weighted by atomic mass is 16.7. The maximum Gasteiger partial charge on any atom is 0.258 e. The number of ether oxygens (including phenoxy) is 2. The monoisotopic (exact) mass is 511 g/mol. The van der Waals surface area contributed by atoms with Crippen molar-refractivity contribution in [1.82, 2.24) is 9.88 Å². The van der Waals surface area contributed by atoms with E-state index in [4.69, 9.17) is 9.47 Å². The standard InChI is InChI=1S/C30H29N3O5/c1-19-13-22-11-12-33(29(35)24(22)14-20(19)2)17-28(34)31-25(15-21-7-5-4-6-8-21)30(36)32(3)23-9-10-26-27(16-23)38-18-37-26/h4-14,16,25H,15,17-18H2,1-3H3,(H,31,34)/t25-/m0/s1. The van der Waals surface area contributed by atoms with E-state index in [1.807, 2.05) is 62.4 Å². The molecule has 0 spiro atoms. The Morgan fingerprint density at radius 1 is 0.974 bits per heavy atom. The van der Waals surface area contributed by atoms with Gasteiger partial charge in [-0.2, -0.15) is 0 Å². The Kier molecular flexibility index (Phi) is 6.87. The average molecular weight is 512 g/mol. The van der Waals surface area contributed by atoms with Gasteiger partial charge in [0.25, 0.3) is 5.56 Å². The number of hydrogen-bond acceptors (Lipinski definition) is 5. The number of fused-ring (bicyclic) bond motifs is 2. The zero-order chi connectivity index (χ0) is 26.8. The molecule has 0 saturated heterocycles. The lowest BCUT2D eigenvalue weighted by atomic mass is 10.0. The average Bonchev–Trinajstić information content (AvgIpc) is 3.39. The molecule has 1 N–H and O–H groups in total. The lowest BCUT2D eigenvalue weighted by molar-refractivity contribution is -0.127. The Balaban J connectivity index is 1.38. The first kappa shape index (κ1) is 25.1. The van der Waals surface area contributed by atoms with Crippen molar-refractivity contribution in [3.63, 3.8) is 0 Å².